The van der Waals surface area contributed by atoms with Crippen molar-refractivity contribution in [2.45, 2.75) is 37.0 Å². The SMILES string of the molecule is CC1(NC(=O)C2CCCS2)CCNC1. The van der Waals surface area contributed by atoms with Crippen molar-refractivity contribution < 1.29 is 4.79 Å². The van der Waals surface area contributed by atoms with Crippen LogP contribution in [0.5, 0.6) is 0 Å². The first-order valence-electron chi connectivity index (χ1n) is 5.34. The van der Waals surface area contributed by atoms with Crippen molar-refractivity contribution in [3.05, 3.63) is 0 Å². The highest BCUT2D eigenvalue weighted by atomic mass is 32.2. The van der Waals surface area contributed by atoms with Crippen molar-refractivity contribution in [3.8, 4) is 0 Å². The molecule has 0 spiro atoms. The van der Waals surface area contributed by atoms with Gasteiger partial charge >= 0.3 is 0 Å². The molecule has 4 heteroatoms. The van der Waals surface area contributed by atoms with E-state index in [9.17, 15) is 4.79 Å². The van der Waals surface area contributed by atoms with Crippen LogP contribution in [0.15, 0.2) is 0 Å². The normalized spacial score (nSPS) is 37.4. The summed E-state index contributed by atoms with van der Waals surface area (Å²) >= 11 is 1.80. The minimum atomic E-state index is 0.000231. The van der Waals surface area contributed by atoms with E-state index in [1.165, 1.54) is 6.42 Å². The van der Waals surface area contributed by atoms with Crippen LogP contribution in [0, 0.1) is 0 Å². The summed E-state index contributed by atoms with van der Waals surface area (Å²) in [4.78, 5) is 11.8. The van der Waals surface area contributed by atoms with Gasteiger partial charge in [0.25, 0.3) is 0 Å². The summed E-state index contributed by atoms with van der Waals surface area (Å²) in [6, 6.07) is 0. The zero-order chi connectivity index (χ0) is 10.0. The van der Waals surface area contributed by atoms with Crippen molar-refractivity contribution in [3.63, 3.8) is 0 Å². The number of hydrogen-bond acceptors (Lipinski definition) is 3. The van der Waals surface area contributed by atoms with Gasteiger partial charge in [0.15, 0.2) is 0 Å². The number of carbonyl (C=O) groups excluding carboxylic acids is 1. The Morgan fingerprint density at radius 3 is 3.07 bits per heavy atom. The maximum absolute atomic E-state index is 11.8. The minimum absolute atomic E-state index is 0.000231. The van der Waals surface area contributed by atoms with Crippen LogP contribution in [0.2, 0.25) is 0 Å². The van der Waals surface area contributed by atoms with Gasteiger partial charge in [0.05, 0.1) is 10.8 Å². The molecule has 2 N–H and O–H groups in total. The third-order valence-corrected chi connectivity index (χ3v) is 4.39. The second-order valence-corrected chi connectivity index (χ2v) is 5.79. The average molecular weight is 214 g/mol. The van der Waals surface area contributed by atoms with Crippen LogP contribution < -0.4 is 10.6 Å². The first-order valence-corrected chi connectivity index (χ1v) is 6.39. The van der Waals surface area contributed by atoms with E-state index in [1.54, 1.807) is 11.8 Å². The number of carbonyl (C=O) groups is 1. The molecule has 0 aliphatic carbocycles. The lowest BCUT2D eigenvalue weighted by molar-refractivity contribution is -0.122. The molecule has 0 aromatic carbocycles. The summed E-state index contributed by atoms with van der Waals surface area (Å²) in [6.07, 6.45) is 3.30. The van der Waals surface area contributed by atoms with Gasteiger partial charge in [0.2, 0.25) is 5.91 Å². The monoisotopic (exact) mass is 214 g/mol. The van der Waals surface area contributed by atoms with E-state index in [2.05, 4.69) is 17.6 Å². The maximum atomic E-state index is 11.8. The van der Waals surface area contributed by atoms with Crippen molar-refractivity contribution in [1.82, 2.24) is 10.6 Å². The number of rotatable bonds is 2. The Labute approximate surface area is 89.4 Å². The third kappa shape index (κ3) is 2.23. The van der Waals surface area contributed by atoms with E-state index >= 15 is 0 Å². The Kier molecular flexibility index (Phi) is 3.02. The molecule has 80 valence electrons. The first kappa shape index (κ1) is 10.3. The lowest BCUT2D eigenvalue weighted by Crippen LogP contribution is -2.50. The van der Waals surface area contributed by atoms with E-state index in [0.717, 1.165) is 31.7 Å². The molecule has 0 aromatic rings. The predicted octanol–water partition coefficient (Wildman–Crippen LogP) is 0.750. The van der Waals surface area contributed by atoms with Crippen molar-refractivity contribution in [2.24, 2.45) is 0 Å². The smallest absolute Gasteiger partial charge is 0.233 e. The van der Waals surface area contributed by atoms with Crippen LogP contribution in [-0.4, -0.2) is 35.5 Å². The van der Waals surface area contributed by atoms with Gasteiger partial charge in [-0.05, 0) is 38.5 Å². The first-order chi connectivity index (χ1) is 6.70. The van der Waals surface area contributed by atoms with E-state index in [1.807, 2.05) is 0 Å². The van der Waals surface area contributed by atoms with Gasteiger partial charge in [0.1, 0.15) is 0 Å². The van der Waals surface area contributed by atoms with Gasteiger partial charge < -0.3 is 10.6 Å². The molecule has 0 radical (unpaired) electrons. The molecule has 0 bridgehead atoms. The van der Waals surface area contributed by atoms with Crippen LogP contribution in [0.25, 0.3) is 0 Å². The molecule has 14 heavy (non-hydrogen) atoms. The van der Waals surface area contributed by atoms with Crippen molar-refractivity contribution in [1.29, 1.82) is 0 Å². The Balaban J connectivity index is 1.86. The Bertz CT molecular complexity index is 220. The maximum Gasteiger partial charge on any atom is 0.233 e. The molecule has 2 aliphatic rings. The van der Waals surface area contributed by atoms with Gasteiger partial charge in [-0.3, -0.25) is 4.79 Å². The minimum Gasteiger partial charge on any atom is -0.349 e. The number of nitrogens with one attached hydrogen (secondary N) is 2. The fourth-order valence-corrected chi connectivity index (χ4v) is 3.25. The molecule has 2 saturated heterocycles. The van der Waals surface area contributed by atoms with E-state index < -0.39 is 0 Å². The molecule has 2 rings (SSSR count). The van der Waals surface area contributed by atoms with Gasteiger partial charge in [-0.25, -0.2) is 0 Å². The highest BCUT2D eigenvalue weighted by Crippen LogP contribution is 2.27. The van der Waals surface area contributed by atoms with E-state index in [4.69, 9.17) is 0 Å². The summed E-state index contributed by atoms with van der Waals surface area (Å²) in [5.74, 6) is 1.39. The molecule has 3 nitrogen and oxygen atoms in total. The van der Waals surface area contributed by atoms with Crippen molar-refractivity contribution in [2.75, 3.05) is 18.8 Å². The van der Waals surface area contributed by atoms with Gasteiger partial charge in [-0.2, -0.15) is 0 Å². The van der Waals surface area contributed by atoms with Crippen molar-refractivity contribution >= 4 is 17.7 Å². The van der Waals surface area contributed by atoms with E-state index in [0.29, 0.717) is 0 Å². The largest absolute Gasteiger partial charge is 0.349 e. The molecular formula is C10H18N2OS. The molecule has 2 unspecified atom stereocenters. The lowest BCUT2D eigenvalue weighted by atomic mass is 10.0. The summed E-state index contributed by atoms with van der Waals surface area (Å²) in [5.41, 5.74) is 0.000231. The highest BCUT2D eigenvalue weighted by Gasteiger charge is 2.33. The summed E-state index contributed by atoms with van der Waals surface area (Å²) in [5, 5.41) is 6.68. The summed E-state index contributed by atoms with van der Waals surface area (Å²) < 4.78 is 0. The zero-order valence-electron chi connectivity index (χ0n) is 8.64. The molecule has 1 amide bonds. The second-order valence-electron chi connectivity index (χ2n) is 4.48. The predicted molar refractivity (Wildman–Crippen MR) is 59.5 cm³/mol. The Morgan fingerprint density at radius 2 is 2.50 bits per heavy atom. The highest BCUT2D eigenvalue weighted by molar-refractivity contribution is 8.00. The number of thioether (sulfide) groups is 1. The zero-order valence-corrected chi connectivity index (χ0v) is 9.45. The topological polar surface area (TPSA) is 41.1 Å². The van der Waals surface area contributed by atoms with Gasteiger partial charge in [-0.15, -0.1) is 11.8 Å². The summed E-state index contributed by atoms with van der Waals surface area (Å²) in [7, 11) is 0. The Morgan fingerprint density at radius 1 is 1.64 bits per heavy atom. The number of amides is 1. The molecular weight excluding hydrogens is 196 g/mol. The standard InChI is InChI=1S/C10H18N2OS/c1-10(4-5-11-7-10)12-9(13)8-3-2-6-14-8/h8,11H,2-7H2,1H3,(H,12,13). The Hall–Kier alpha value is -0.220. The third-order valence-electron chi connectivity index (χ3n) is 3.02. The van der Waals surface area contributed by atoms with Crippen LogP contribution in [-0.2, 0) is 4.79 Å². The van der Waals surface area contributed by atoms with Crippen LogP contribution >= 0.6 is 11.8 Å². The van der Waals surface area contributed by atoms with Crippen LogP contribution in [0.1, 0.15) is 26.2 Å². The van der Waals surface area contributed by atoms with Crippen LogP contribution in [0.4, 0.5) is 0 Å². The van der Waals surface area contributed by atoms with E-state index in [-0.39, 0.29) is 16.7 Å². The fraction of sp³-hybridized carbons (Fsp3) is 0.900. The molecule has 2 atom stereocenters. The van der Waals surface area contributed by atoms with Gasteiger partial charge in [-0.1, -0.05) is 0 Å². The lowest BCUT2D eigenvalue weighted by Gasteiger charge is -2.26. The van der Waals surface area contributed by atoms with Gasteiger partial charge in [0, 0.05) is 6.54 Å². The average Bonchev–Trinajstić information content (AvgIpc) is 2.74. The molecule has 2 aliphatic heterocycles. The molecule has 0 aromatic heterocycles. The number of hydrogen-bond donors (Lipinski definition) is 2. The quantitative estimate of drug-likeness (QED) is 0.713. The molecule has 0 saturated carbocycles. The molecule has 2 fully saturated rings. The molecule has 2 heterocycles. The summed E-state index contributed by atoms with van der Waals surface area (Å²) in [6.45, 7) is 4.06. The second kappa shape index (κ2) is 4.11. The fourth-order valence-electron chi connectivity index (χ4n) is 2.09. The van der Waals surface area contributed by atoms with Crippen LogP contribution in [0.3, 0.4) is 0 Å².